The van der Waals surface area contributed by atoms with E-state index in [4.69, 9.17) is 5.73 Å². The number of amides is 2. The Bertz CT molecular complexity index is 920. The number of piperidine rings is 1. The summed E-state index contributed by atoms with van der Waals surface area (Å²) < 4.78 is 1.27. The zero-order chi connectivity index (χ0) is 19.6. The smallest absolute Gasteiger partial charge is 0.266 e. The molecule has 0 radical (unpaired) electrons. The number of benzene rings is 1. The first-order valence-electron chi connectivity index (χ1n) is 9.10. The normalized spacial score (nSPS) is 19.7. The van der Waals surface area contributed by atoms with Gasteiger partial charge in [-0.2, -0.15) is 5.10 Å². The number of nitrogens with zero attached hydrogens (tertiary/aromatic N) is 3. The van der Waals surface area contributed by atoms with Gasteiger partial charge in [-0.05, 0) is 37.5 Å². The first kappa shape index (κ1) is 18.8. The number of carbonyl (C=O) groups excluding carboxylic acids is 2. The molecule has 1 aromatic carbocycles. The van der Waals surface area contributed by atoms with Crippen molar-refractivity contribution in [2.75, 3.05) is 13.1 Å². The summed E-state index contributed by atoms with van der Waals surface area (Å²) in [5.41, 5.74) is 6.84. The second-order valence-corrected chi connectivity index (χ2v) is 7.09. The molecule has 0 aliphatic carbocycles. The van der Waals surface area contributed by atoms with Crippen LogP contribution in [0.1, 0.15) is 36.5 Å². The van der Waals surface area contributed by atoms with Gasteiger partial charge in [0.25, 0.3) is 11.5 Å². The van der Waals surface area contributed by atoms with Gasteiger partial charge >= 0.3 is 0 Å². The van der Waals surface area contributed by atoms with E-state index in [-0.39, 0.29) is 17.4 Å². The highest BCUT2D eigenvalue weighted by Gasteiger charge is 2.40. The summed E-state index contributed by atoms with van der Waals surface area (Å²) in [5, 5.41) is 4.21. The Morgan fingerprint density at radius 3 is 2.48 bits per heavy atom. The van der Waals surface area contributed by atoms with Crippen molar-refractivity contribution in [3.8, 4) is 11.3 Å². The molecule has 27 heavy (non-hydrogen) atoms. The van der Waals surface area contributed by atoms with Crippen LogP contribution in [0.3, 0.4) is 0 Å². The van der Waals surface area contributed by atoms with E-state index >= 15 is 0 Å². The Hall–Kier alpha value is -2.96. The molecule has 7 nitrogen and oxygen atoms in total. The van der Waals surface area contributed by atoms with Crippen molar-refractivity contribution in [1.29, 1.82) is 0 Å². The van der Waals surface area contributed by atoms with E-state index < -0.39 is 5.41 Å². The minimum absolute atomic E-state index is 0.103. The van der Waals surface area contributed by atoms with Crippen molar-refractivity contribution >= 4 is 11.8 Å². The largest absolute Gasteiger partial charge is 0.369 e. The lowest BCUT2D eigenvalue weighted by molar-refractivity contribution is -0.130. The second-order valence-electron chi connectivity index (χ2n) is 7.09. The van der Waals surface area contributed by atoms with Crippen LogP contribution in [0.15, 0.2) is 41.2 Å². The lowest BCUT2D eigenvalue weighted by atomic mass is 9.77. The van der Waals surface area contributed by atoms with Crippen molar-refractivity contribution in [3.63, 3.8) is 0 Å². The Labute approximate surface area is 157 Å². The molecular weight excluding hydrogens is 344 g/mol. The third-order valence-electron chi connectivity index (χ3n) is 5.45. The number of hydrogen-bond acceptors (Lipinski definition) is 4. The average molecular weight is 368 g/mol. The Morgan fingerprint density at radius 1 is 1.19 bits per heavy atom. The highest BCUT2D eigenvalue weighted by molar-refractivity contribution is 5.95. The van der Waals surface area contributed by atoms with Gasteiger partial charge in [0.1, 0.15) is 0 Å². The van der Waals surface area contributed by atoms with Gasteiger partial charge in [-0.25, -0.2) is 4.68 Å². The molecule has 1 aliphatic rings. The van der Waals surface area contributed by atoms with Crippen LogP contribution < -0.4 is 11.3 Å². The summed E-state index contributed by atoms with van der Waals surface area (Å²) in [6.07, 6.45) is 2.12. The van der Waals surface area contributed by atoms with Gasteiger partial charge in [0.05, 0.1) is 11.1 Å². The van der Waals surface area contributed by atoms with Crippen LogP contribution in [0.5, 0.6) is 0 Å². The number of likely N-dealkylation sites (tertiary alicyclic amines) is 1. The van der Waals surface area contributed by atoms with Gasteiger partial charge in [0.15, 0.2) is 0 Å². The fourth-order valence-electron chi connectivity index (χ4n) is 3.59. The molecular formula is C20H24N4O3. The Kier molecular flexibility index (Phi) is 5.12. The van der Waals surface area contributed by atoms with Crippen LogP contribution >= 0.6 is 0 Å². The Morgan fingerprint density at radius 2 is 1.89 bits per heavy atom. The van der Waals surface area contributed by atoms with Gasteiger partial charge in [-0.3, -0.25) is 14.4 Å². The molecule has 2 N–H and O–H groups in total. The van der Waals surface area contributed by atoms with Crippen molar-refractivity contribution in [3.05, 3.63) is 52.3 Å². The van der Waals surface area contributed by atoms with Crippen molar-refractivity contribution in [1.82, 2.24) is 14.7 Å². The van der Waals surface area contributed by atoms with Crippen molar-refractivity contribution in [2.45, 2.75) is 26.2 Å². The maximum atomic E-state index is 12.9. The third-order valence-corrected chi connectivity index (χ3v) is 5.45. The van der Waals surface area contributed by atoms with Crippen LogP contribution in [-0.4, -0.2) is 39.6 Å². The molecule has 1 aromatic heterocycles. The Balaban J connectivity index is 1.80. The fourth-order valence-corrected chi connectivity index (χ4v) is 3.59. The molecule has 1 atom stereocenters. The molecule has 0 spiro atoms. The summed E-state index contributed by atoms with van der Waals surface area (Å²) in [4.78, 5) is 38.0. The number of primary amides is 1. The molecule has 1 aliphatic heterocycles. The van der Waals surface area contributed by atoms with Crippen LogP contribution in [0.4, 0.5) is 0 Å². The monoisotopic (exact) mass is 368 g/mol. The van der Waals surface area contributed by atoms with Crippen LogP contribution in [0.2, 0.25) is 0 Å². The van der Waals surface area contributed by atoms with E-state index in [9.17, 15) is 14.4 Å². The van der Waals surface area contributed by atoms with E-state index in [0.29, 0.717) is 30.8 Å². The van der Waals surface area contributed by atoms with E-state index in [1.165, 1.54) is 10.7 Å². The molecule has 0 unspecified atom stereocenters. The minimum Gasteiger partial charge on any atom is -0.369 e. The molecule has 0 saturated carbocycles. The number of aryl methyl sites for hydroxylation is 1. The fraction of sp³-hybridized carbons (Fsp3) is 0.400. The zero-order valence-electron chi connectivity index (χ0n) is 15.6. The molecule has 142 valence electrons. The van der Waals surface area contributed by atoms with Gasteiger partial charge in [-0.1, -0.05) is 19.1 Å². The number of carbonyl (C=O) groups is 2. The standard InChI is InChI=1S/C20H24N4O3/c1-3-20(19(21)27)11-4-12-24(13-20)18(26)15-7-5-14(6-8-15)16-9-10-17(25)23(2)22-16/h5-10H,3-4,11-13H2,1-2H3,(H2,21,27)/t20-/m0/s1. The lowest BCUT2D eigenvalue weighted by Gasteiger charge is -2.40. The van der Waals surface area contributed by atoms with Crippen LogP contribution in [-0.2, 0) is 11.8 Å². The molecule has 1 fully saturated rings. The summed E-state index contributed by atoms with van der Waals surface area (Å²) in [7, 11) is 1.60. The maximum absolute atomic E-state index is 12.9. The zero-order valence-corrected chi connectivity index (χ0v) is 15.6. The molecule has 2 aromatic rings. The van der Waals surface area contributed by atoms with Gasteiger partial charge in [0.2, 0.25) is 5.91 Å². The minimum atomic E-state index is -0.632. The molecule has 2 heterocycles. The maximum Gasteiger partial charge on any atom is 0.266 e. The van der Waals surface area contributed by atoms with E-state index in [0.717, 1.165) is 18.4 Å². The van der Waals surface area contributed by atoms with E-state index in [2.05, 4.69) is 5.10 Å². The summed E-state index contributed by atoms with van der Waals surface area (Å²) in [5.74, 6) is -0.438. The highest BCUT2D eigenvalue weighted by atomic mass is 16.2. The SMILES string of the molecule is CC[C@]1(C(N)=O)CCCN(C(=O)c2ccc(-c3ccc(=O)n(C)n3)cc2)C1. The average Bonchev–Trinajstić information content (AvgIpc) is 2.69. The van der Waals surface area contributed by atoms with Gasteiger partial charge in [0, 0.05) is 37.3 Å². The predicted molar refractivity (Wildman–Crippen MR) is 102 cm³/mol. The second kappa shape index (κ2) is 7.34. The number of aromatic nitrogens is 2. The third kappa shape index (κ3) is 3.63. The molecule has 0 bridgehead atoms. The summed E-state index contributed by atoms with van der Waals surface area (Å²) in [6.45, 7) is 2.92. The van der Waals surface area contributed by atoms with Crippen molar-refractivity contribution in [2.24, 2.45) is 18.2 Å². The summed E-state index contributed by atoms with van der Waals surface area (Å²) >= 11 is 0. The lowest BCUT2D eigenvalue weighted by Crippen LogP contribution is -2.51. The van der Waals surface area contributed by atoms with E-state index in [1.54, 1.807) is 30.1 Å². The summed E-state index contributed by atoms with van der Waals surface area (Å²) in [6, 6.07) is 10.2. The molecule has 1 saturated heterocycles. The van der Waals surface area contributed by atoms with Gasteiger partial charge < -0.3 is 10.6 Å². The highest BCUT2D eigenvalue weighted by Crippen LogP contribution is 2.33. The quantitative estimate of drug-likeness (QED) is 0.885. The first-order valence-corrected chi connectivity index (χ1v) is 9.10. The first-order chi connectivity index (χ1) is 12.9. The van der Waals surface area contributed by atoms with Crippen LogP contribution in [0.25, 0.3) is 11.3 Å². The van der Waals surface area contributed by atoms with Gasteiger partial charge in [-0.15, -0.1) is 0 Å². The van der Waals surface area contributed by atoms with Crippen LogP contribution in [0, 0.1) is 5.41 Å². The van der Waals surface area contributed by atoms with E-state index in [1.807, 2.05) is 19.1 Å². The number of nitrogens with two attached hydrogens (primary N) is 1. The number of rotatable bonds is 4. The number of hydrogen-bond donors (Lipinski definition) is 1. The predicted octanol–water partition coefficient (Wildman–Crippen LogP) is 1.56. The molecule has 2 amide bonds. The molecule has 7 heteroatoms. The molecule has 3 rings (SSSR count). The topological polar surface area (TPSA) is 98.3 Å². The van der Waals surface area contributed by atoms with Crippen molar-refractivity contribution < 1.29 is 9.59 Å².